The van der Waals surface area contributed by atoms with Gasteiger partial charge in [-0.1, -0.05) is 13.3 Å². The van der Waals surface area contributed by atoms with Gasteiger partial charge in [0, 0.05) is 26.2 Å². The number of nitrogens with one attached hydrogen (secondary N) is 1. The van der Waals surface area contributed by atoms with Gasteiger partial charge in [0.2, 0.25) is 0 Å². The van der Waals surface area contributed by atoms with Crippen LogP contribution < -0.4 is 5.32 Å². The second-order valence-electron chi connectivity index (χ2n) is 3.63. The molecule has 0 aromatic rings. The summed E-state index contributed by atoms with van der Waals surface area (Å²) in [6, 6.07) is -1.24. The van der Waals surface area contributed by atoms with Crippen LogP contribution in [0.4, 0.5) is 13.2 Å². The van der Waals surface area contributed by atoms with Gasteiger partial charge in [-0.25, -0.2) is 0 Å². The Bertz CT molecular complexity index is 164. The molecule has 1 N–H and O–H groups in total. The smallest absolute Gasteiger partial charge is 0.314 e. The van der Waals surface area contributed by atoms with Gasteiger partial charge in [0.05, 0.1) is 0 Å². The van der Waals surface area contributed by atoms with E-state index in [1.807, 2.05) is 0 Å². The first kappa shape index (κ1) is 11.8. The average Bonchev–Trinajstić information content (AvgIpc) is 2.14. The third-order valence-electron chi connectivity index (χ3n) is 2.53. The zero-order valence-electron chi connectivity index (χ0n) is 8.40. The van der Waals surface area contributed by atoms with Crippen LogP contribution in [-0.2, 0) is 0 Å². The van der Waals surface area contributed by atoms with Crippen molar-refractivity contribution in [2.75, 3.05) is 26.2 Å². The number of rotatable bonds is 3. The molecule has 0 radical (unpaired) electrons. The van der Waals surface area contributed by atoms with Crippen molar-refractivity contribution in [2.45, 2.75) is 32.0 Å². The molecule has 0 aliphatic carbocycles. The van der Waals surface area contributed by atoms with Crippen molar-refractivity contribution in [3.05, 3.63) is 0 Å². The molecule has 1 atom stereocenters. The van der Waals surface area contributed by atoms with Crippen LogP contribution in [0.1, 0.15) is 19.8 Å². The van der Waals surface area contributed by atoms with Gasteiger partial charge in [-0.15, -0.1) is 0 Å². The lowest BCUT2D eigenvalue weighted by molar-refractivity contribution is -0.186. The number of hydrogen-bond acceptors (Lipinski definition) is 2. The summed E-state index contributed by atoms with van der Waals surface area (Å²) >= 11 is 0. The second-order valence-corrected chi connectivity index (χ2v) is 3.63. The third-order valence-corrected chi connectivity index (χ3v) is 2.53. The first-order valence-corrected chi connectivity index (χ1v) is 5.07. The predicted molar refractivity (Wildman–Crippen MR) is 49.2 cm³/mol. The van der Waals surface area contributed by atoms with Crippen molar-refractivity contribution in [3.63, 3.8) is 0 Å². The van der Waals surface area contributed by atoms with Crippen LogP contribution >= 0.6 is 0 Å². The molecular weight excluding hydrogens is 193 g/mol. The molecule has 0 spiro atoms. The average molecular weight is 210 g/mol. The third kappa shape index (κ3) is 3.13. The molecule has 1 rings (SSSR count). The van der Waals surface area contributed by atoms with Crippen molar-refractivity contribution < 1.29 is 13.2 Å². The van der Waals surface area contributed by atoms with Crippen LogP contribution in [-0.4, -0.2) is 43.3 Å². The topological polar surface area (TPSA) is 15.3 Å². The zero-order valence-corrected chi connectivity index (χ0v) is 8.40. The molecule has 0 aromatic heterocycles. The van der Waals surface area contributed by atoms with Crippen molar-refractivity contribution >= 4 is 0 Å². The summed E-state index contributed by atoms with van der Waals surface area (Å²) in [7, 11) is 0. The molecule has 0 bridgehead atoms. The first-order chi connectivity index (χ1) is 6.55. The fourth-order valence-electron chi connectivity index (χ4n) is 1.82. The predicted octanol–water partition coefficient (Wildman–Crippen LogP) is 1.62. The molecule has 1 aliphatic heterocycles. The zero-order chi connectivity index (χ0) is 10.6. The number of hydrogen-bond donors (Lipinski definition) is 1. The van der Waals surface area contributed by atoms with Gasteiger partial charge in [0.1, 0.15) is 6.04 Å². The molecule has 0 aromatic carbocycles. The summed E-state index contributed by atoms with van der Waals surface area (Å²) in [5, 5.41) is 3.05. The van der Waals surface area contributed by atoms with Gasteiger partial charge < -0.3 is 5.32 Å². The first-order valence-electron chi connectivity index (χ1n) is 5.07. The van der Waals surface area contributed by atoms with E-state index < -0.39 is 12.2 Å². The highest BCUT2D eigenvalue weighted by Crippen LogP contribution is 2.28. The molecule has 1 saturated heterocycles. The van der Waals surface area contributed by atoms with Crippen molar-refractivity contribution in [2.24, 2.45) is 0 Å². The van der Waals surface area contributed by atoms with Crippen LogP contribution in [0.2, 0.25) is 0 Å². The number of alkyl halides is 3. The molecule has 14 heavy (non-hydrogen) atoms. The lowest BCUT2D eigenvalue weighted by Gasteiger charge is -2.35. The molecule has 1 aliphatic rings. The highest BCUT2D eigenvalue weighted by molar-refractivity contribution is 4.81. The molecule has 5 heteroatoms. The fourth-order valence-corrected chi connectivity index (χ4v) is 1.82. The molecule has 1 heterocycles. The Kier molecular flexibility index (Phi) is 4.19. The van der Waals surface area contributed by atoms with E-state index in [9.17, 15) is 13.2 Å². The second kappa shape index (κ2) is 4.98. The molecule has 84 valence electrons. The Hall–Kier alpha value is -0.290. The van der Waals surface area contributed by atoms with Crippen molar-refractivity contribution in [3.8, 4) is 0 Å². The minimum atomic E-state index is -4.08. The molecule has 0 unspecified atom stereocenters. The Morgan fingerprint density at radius 3 is 2.29 bits per heavy atom. The summed E-state index contributed by atoms with van der Waals surface area (Å²) in [6.45, 7) is 4.13. The lowest BCUT2D eigenvalue weighted by atomic mass is 10.1. The summed E-state index contributed by atoms with van der Waals surface area (Å²) in [4.78, 5) is 1.54. The minimum Gasteiger partial charge on any atom is -0.314 e. The number of piperazine rings is 1. The quantitative estimate of drug-likeness (QED) is 0.761. The highest BCUT2D eigenvalue weighted by atomic mass is 19.4. The van der Waals surface area contributed by atoms with Gasteiger partial charge in [-0.3, -0.25) is 4.90 Å². The summed E-state index contributed by atoms with van der Waals surface area (Å²) in [5.41, 5.74) is 0. The molecular formula is C9H17F3N2. The number of nitrogens with zero attached hydrogens (tertiary/aromatic N) is 1. The normalized spacial score (nSPS) is 22.3. The van der Waals surface area contributed by atoms with Crippen LogP contribution in [0.5, 0.6) is 0 Å². The largest absolute Gasteiger partial charge is 0.404 e. The minimum absolute atomic E-state index is 0.212. The Labute approximate surface area is 82.5 Å². The summed E-state index contributed by atoms with van der Waals surface area (Å²) in [6.07, 6.45) is -3.29. The van der Waals surface area contributed by atoms with Gasteiger partial charge in [0.15, 0.2) is 0 Å². The van der Waals surface area contributed by atoms with Gasteiger partial charge in [-0.2, -0.15) is 13.2 Å². The maximum absolute atomic E-state index is 12.6. The Balaban J connectivity index is 2.56. The van der Waals surface area contributed by atoms with Crippen LogP contribution in [0, 0.1) is 0 Å². The van der Waals surface area contributed by atoms with E-state index in [2.05, 4.69) is 5.32 Å². The van der Waals surface area contributed by atoms with Gasteiger partial charge in [0.25, 0.3) is 0 Å². The van der Waals surface area contributed by atoms with Gasteiger partial charge in [-0.05, 0) is 6.42 Å². The van der Waals surface area contributed by atoms with E-state index in [4.69, 9.17) is 0 Å². The SMILES string of the molecule is CCC[C@@H](N1CCNCC1)C(F)(F)F. The van der Waals surface area contributed by atoms with E-state index >= 15 is 0 Å². The highest BCUT2D eigenvalue weighted by Gasteiger charge is 2.42. The summed E-state index contributed by atoms with van der Waals surface area (Å²) < 4.78 is 37.9. The van der Waals surface area contributed by atoms with E-state index in [0.29, 0.717) is 32.6 Å². The standard InChI is InChI=1S/C9H17F3N2/c1-2-3-8(9(10,11)12)14-6-4-13-5-7-14/h8,13H,2-7H2,1H3/t8-/m1/s1. The van der Waals surface area contributed by atoms with Gasteiger partial charge >= 0.3 is 6.18 Å². The van der Waals surface area contributed by atoms with Crippen molar-refractivity contribution in [1.29, 1.82) is 0 Å². The monoisotopic (exact) mass is 210 g/mol. The van der Waals surface area contributed by atoms with Crippen molar-refractivity contribution in [1.82, 2.24) is 10.2 Å². The molecule has 2 nitrogen and oxygen atoms in total. The van der Waals surface area contributed by atoms with Crippen LogP contribution in [0.3, 0.4) is 0 Å². The summed E-state index contributed by atoms with van der Waals surface area (Å²) in [5.74, 6) is 0. The Morgan fingerprint density at radius 1 is 1.29 bits per heavy atom. The van der Waals surface area contributed by atoms with E-state index in [-0.39, 0.29) is 6.42 Å². The van der Waals surface area contributed by atoms with Crippen LogP contribution in [0.15, 0.2) is 0 Å². The van der Waals surface area contributed by atoms with Crippen LogP contribution in [0.25, 0.3) is 0 Å². The molecule has 1 fully saturated rings. The maximum Gasteiger partial charge on any atom is 0.404 e. The maximum atomic E-state index is 12.6. The fraction of sp³-hybridized carbons (Fsp3) is 1.00. The van der Waals surface area contributed by atoms with E-state index in [0.717, 1.165) is 0 Å². The molecule has 0 saturated carbocycles. The molecule has 0 amide bonds. The number of halogens is 3. The van der Waals surface area contributed by atoms with E-state index in [1.54, 1.807) is 11.8 Å². The van der Waals surface area contributed by atoms with E-state index in [1.165, 1.54) is 0 Å². The Morgan fingerprint density at radius 2 is 1.86 bits per heavy atom. The lowest BCUT2D eigenvalue weighted by Crippen LogP contribution is -2.53.